The van der Waals surface area contributed by atoms with Gasteiger partial charge in [-0.3, -0.25) is 0 Å². The lowest BCUT2D eigenvalue weighted by Gasteiger charge is -2.20. The molecule has 0 aliphatic heterocycles. The molecule has 1 nitrogen and oxygen atoms in total. The van der Waals surface area contributed by atoms with Crippen LogP contribution in [0.25, 0.3) is 0 Å². The molecule has 0 aliphatic carbocycles. The van der Waals surface area contributed by atoms with Gasteiger partial charge in [0.05, 0.1) is 0 Å². The molecule has 0 amide bonds. The highest BCUT2D eigenvalue weighted by Crippen LogP contribution is 2.29. The van der Waals surface area contributed by atoms with E-state index in [1.165, 1.54) is 5.56 Å². The van der Waals surface area contributed by atoms with Crippen molar-refractivity contribution in [3.05, 3.63) is 35.9 Å². The van der Waals surface area contributed by atoms with Crippen LogP contribution >= 0.6 is 11.8 Å². The van der Waals surface area contributed by atoms with Crippen LogP contribution in [0.1, 0.15) is 31.6 Å². The van der Waals surface area contributed by atoms with Gasteiger partial charge in [-0.2, -0.15) is 11.8 Å². The van der Waals surface area contributed by atoms with E-state index < -0.39 is 0 Å². The van der Waals surface area contributed by atoms with Crippen LogP contribution < -0.4 is 5.73 Å². The third kappa shape index (κ3) is 4.16. The van der Waals surface area contributed by atoms with Gasteiger partial charge in [-0.05, 0) is 26.3 Å². The Morgan fingerprint density at radius 1 is 1.29 bits per heavy atom. The summed E-state index contributed by atoms with van der Waals surface area (Å²) < 4.78 is 0. The lowest BCUT2D eigenvalue weighted by Crippen LogP contribution is -2.34. The molecule has 14 heavy (non-hydrogen) atoms. The molecule has 0 heterocycles. The lowest BCUT2D eigenvalue weighted by molar-refractivity contribution is 0.590. The van der Waals surface area contributed by atoms with Crippen molar-refractivity contribution >= 4 is 11.8 Å². The van der Waals surface area contributed by atoms with Crippen LogP contribution in [0.3, 0.4) is 0 Å². The number of rotatable bonds is 4. The fraction of sp³-hybridized carbons (Fsp3) is 0.500. The van der Waals surface area contributed by atoms with Crippen molar-refractivity contribution in [2.75, 3.05) is 5.75 Å². The molecule has 0 saturated carbocycles. The number of nitrogens with two attached hydrogens (primary N) is 1. The Kier molecular flexibility index (Phi) is 4.02. The van der Waals surface area contributed by atoms with Crippen molar-refractivity contribution in [2.24, 2.45) is 5.73 Å². The average Bonchev–Trinajstić information content (AvgIpc) is 2.14. The van der Waals surface area contributed by atoms with Crippen molar-refractivity contribution < 1.29 is 0 Å². The topological polar surface area (TPSA) is 26.0 Å². The fourth-order valence-corrected chi connectivity index (χ4v) is 2.19. The molecule has 1 atom stereocenters. The molecule has 1 aromatic carbocycles. The second kappa shape index (κ2) is 4.85. The third-order valence-electron chi connectivity index (χ3n) is 1.97. The minimum absolute atomic E-state index is 0.0757. The molecule has 0 aliphatic rings. The largest absolute Gasteiger partial charge is 0.325 e. The predicted octanol–water partition coefficient (Wildman–Crippen LogP) is 3.22. The summed E-state index contributed by atoms with van der Waals surface area (Å²) in [7, 11) is 0. The van der Waals surface area contributed by atoms with Crippen LogP contribution in [0.5, 0.6) is 0 Å². The van der Waals surface area contributed by atoms with E-state index in [0.29, 0.717) is 5.25 Å². The van der Waals surface area contributed by atoms with Gasteiger partial charge in [-0.25, -0.2) is 0 Å². The monoisotopic (exact) mass is 209 g/mol. The van der Waals surface area contributed by atoms with Gasteiger partial charge in [0.2, 0.25) is 0 Å². The average molecular weight is 209 g/mol. The summed E-state index contributed by atoms with van der Waals surface area (Å²) in [6.45, 7) is 6.36. The standard InChI is InChI=1S/C12H19NS/c1-10(14-9-12(2,3)13)11-7-5-4-6-8-11/h4-8,10H,9,13H2,1-3H3. The summed E-state index contributed by atoms with van der Waals surface area (Å²) in [6.07, 6.45) is 0. The number of benzene rings is 1. The molecule has 1 unspecified atom stereocenters. The predicted molar refractivity (Wildman–Crippen MR) is 65.6 cm³/mol. The Hall–Kier alpha value is -0.470. The van der Waals surface area contributed by atoms with Gasteiger partial charge in [0.25, 0.3) is 0 Å². The van der Waals surface area contributed by atoms with E-state index >= 15 is 0 Å². The summed E-state index contributed by atoms with van der Waals surface area (Å²) in [5.74, 6) is 0.989. The zero-order valence-corrected chi connectivity index (χ0v) is 9.97. The first kappa shape index (κ1) is 11.6. The molecule has 1 aromatic rings. The smallest absolute Gasteiger partial charge is 0.0269 e. The van der Waals surface area contributed by atoms with Gasteiger partial charge in [0.1, 0.15) is 0 Å². The lowest BCUT2D eigenvalue weighted by atomic mass is 10.1. The highest BCUT2D eigenvalue weighted by atomic mass is 32.2. The molecule has 0 fully saturated rings. The fourth-order valence-electron chi connectivity index (χ4n) is 1.16. The molecule has 0 aromatic heterocycles. The van der Waals surface area contributed by atoms with E-state index in [-0.39, 0.29) is 5.54 Å². The van der Waals surface area contributed by atoms with Crippen molar-refractivity contribution in [1.82, 2.24) is 0 Å². The molecule has 78 valence electrons. The SMILES string of the molecule is CC(SCC(C)(C)N)c1ccccc1. The second-order valence-electron chi connectivity index (χ2n) is 4.35. The van der Waals surface area contributed by atoms with E-state index in [9.17, 15) is 0 Å². The first-order valence-electron chi connectivity index (χ1n) is 4.94. The Labute approximate surface area is 91.1 Å². The van der Waals surface area contributed by atoms with Gasteiger partial charge in [-0.1, -0.05) is 30.3 Å². The van der Waals surface area contributed by atoms with E-state index in [2.05, 4.69) is 45.0 Å². The van der Waals surface area contributed by atoms with Crippen molar-refractivity contribution in [3.8, 4) is 0 Å². The van der Waals surface area contributed by atoms with Crippen LogP contribution in [0.4, 0.5) is 0 Å². The van der Waals surface area contributed by atoms with Crippen LogP contribution in [-0.4, -0.2) is 11.3 Å². The van der Waals surface area contributed by atoms with Gasteiger partial charge in [0, 0.05) is 16.5 Å². The Bertz CT molecular complexity index is 263. The van der Waals surface area contributed by atoms with Crippen molar-refractivity contribution in [3.63, 3.8) is 0 Å². The quantitative estimate of drug-likeness (QED) is 0.824. The Morgan fingerprint density at radius 3 is 2.36 bits per heavy atom. The van der Waals surface area contributed by atoms with Crippen LogP contribution in [0, 0.1) is 0 Å². The maximum absolute atomic E-state index is 5.94. The van der Waals surface area contributed by atoms with Gasteiger partial charge < -0.3 is 5.73 Å². The molecule has 0 saturated heterocycles. The van der Waals surface area contributed by atoms with Crippen molar-refractivity contribution in [2.45, 2.75) is 31.6 Å². The normalized spacial score (nSPS) is 14.0. The molecule has 0 spiro atoms. The minimum Gasteiger partial charge on any atom is -0.325 e. The zero-order valence-electron chi connectivity index (χ0n) is 9.16. The molecule has 2 N–H and O–H groups in total. The summed E-state index contributed by atoms with van der Waals surface area (Å²) >= 11 is 1.91. The Morgan fingerprint density at radius 2 is 1.86 bits per heavy atom. The number of thioether (sulfide) groups is 1. The minimum atomic E-state index is -0.0757. The zero-order chi connectivity index (χ0) is 10.6. The van der Waals surface area contributed by atoms with Gasteiger partial charge in [-0.15, -0.1) is 0 Å². The first-order chi connectivity index (χ1) is 6.49. The maximum Gasteiger partial charge on any atom is 0.0269 e. The van der Waals surface area contributed by atoms with Gasteiger partial charge in [0.15, 0.2) is 0 Å². The van der Waals surface area contributed by atoms with Crippen LogP contribution in [0.2, 0.25) is 0 Å². The summed E-state index contributed by atoms with van der Waals surface area (Å²) in [6, 6.07) is 10.6. The molecule has 2 heteroatoms. The number of hydrogen-bond donors (Lipinski definition) is 1. The Balaban J connectivity index is 2.48. The van der Waals surface area contributed by atoms with Crippen LogP contribution in [-0.2, 0) is 0 Å². The van der Waals surface area contributed by atoms with E-state index in [1.54, 1.807) is 0 Å². The van der Waals surface area contributed by atoms with E-state index in [4.69, 9.17) is 5.73 Å². The molecule has 1 rings (SSSR count). The summed E-state index contributed by atoms with van der Waals surface area (Å²) in [5, 5.41) is 0.527. The molecule has 0 radical (unpaired) electrons. The maximum atomic E-state index is 5.94. The highest BCUT2D eigenvalue weighted by Gasteiger charge is 2.13. The van der Waals surface area contributed by atoms with E-state index in [0.717, 1.165) is 5.75 Å². The molecule has 0 bridgehead atoms. The summed E-state index contributed by atoms with van der Waals surface area (Å²) in [4.78, 5) is 0. The third-order valence-corrected chi connectivity index (χ3v) is 3.66. The van der Waals surface area contributed by atoms with Crippen molar-refractivity contribution in [1.29, 1.82) is 0 Å². The highest BCUT2D eigenvalue weighted by molar-refractivity contribution is 7.99. The molecular weight excluding hydrogens is 190 g/mol. The summed E-state index contributed by atoms with van der Waals surface area (Å²) in [5.41, 5.74) is 7.24. The number of hydrogen-bond acceptors (Lipinski definition) is 2. The van der Waals surface area contributed by atoms with Gasteiger partial charge >= 0.3 is 0 Å². The second-order valence-corrected chi connectivity index (χ2v) is 5.68. The molecular formula is C12H19NS. The first-order valence-corrected chi connectivity index (χ1v) is 5.99. The van der Waals surface area contributed by atoms with Crippen LogP contribution in [0.15, 0.2) is 30.3 Å². The van der Waals surface area contributed by atoms with E-state index in [1.807, 2.05) is 17.8 Å².